The highest BCUT2D eigenvalue weighted by atomic mass is 19.1. The molecule has 1 aromatic rings. The van der Waals surface area contributed by atoms with Crippen molar-refractivity contribution in [1.82, 2.24) is 10.2 Å². The van der Waals surface area contributed by atoms with E-state index in [1.807, 2.05) is 12.1 Å². The number of hydrogen-bond acceptors (Lipinski definition) is 2. The number of nitrogens with one attached hydrogen (secondary N) is 1. The number of hydrogen-bond donors (Lipinski definition) is 1. The van der Waals surface area contributed by atoms with E-state index in [0.717, 1.165) is 38.0 Å². The van der Waals surface area contributed by atoms with E-state index < -0.39 is 0 Å². The van der Waals surface area contributed by atoms with Gasteiger partial charge in [-0.25, -0.2) is 4.39 Å². The van der Waals surface area contributed by atoms with Crippen molar-refractivity contribution < 1.29 is 4.39 Å². The first-order valence-electron chi connectivity index (χ1n) is 8.27. The number of rotatable bonds is 9. The van der Waals surface area contributed by atoms with Gasteiger partial charge in [0.1, 0.15) is 5.82 Å². The second-order valence-electron chi connectivity index (χ2n) is 5.79. The van der Waals surface area contributed by atoms with E-state index in [0.29, 0.717) is 0 Å². The Balaban J connectivity index is 3.24. The molecule has 0 aliphatic heterocycles. The lowest BCUT2D eigenvalue weighted by Crippen LogP contribution is -2.54. The van der Waals surface area contributed by atoms with E-state index in [1.165, 1.54) is 0 Å². The molecule has 2 nitrogen and oxygen atoms in total. The van der Waals surface area contributed by atoms with Gasteiger partial charge in [0.2, 0.25) is 0 Å². The molecule has 0 aliphatic rings. The van der Waals surface area contributed by atoms with E-state index in [9.17, 15) is 4.39 Å². The first kappa shape index (κ1) is 18.1. The van der Waals surface area contributed by atoms with Crippen LogP contribution in [0.4, 0.5) is 4.39 Å². The van der Waals surface area contributed by atoms with Gasteiger partial charge in [0, 0.05) is 11.1 Å². The monoisotopic (exact) mass is 294 g/mol. The Morgan fingerprint density at radius 1 is 1.14 bits per heavy atom. The van der Waals surface area contributed by atoms with E-state index in [1.54, 1.807) is 12.1 Å². The summed E-state index contributed by atoms with van der Waals surface area (Å²) in [7, 11) is 0. The summed E-state index contributed by atoms with van der Waals surface area (Å²) in [6.45, 7) is 13.8. The van der Waals surface area contributed by atoms with Gasteiger partial charge in [-0.05, 0) is 45.5 Å². The Bertz CT molecular complexity index is 417. The van der Waals surface area contributed by atoms with Gasteiger partial charge in [0.05, 0.1) is 6.04 Å². The normalized spacial score (nSPS) is 16.0. The molecular formula is C18H31FN2. The van der Waals surface area contributed by atoms with Gasteiger partial charge < -0.3 is 5.32 Å². The van der Waals surface area contributed by atoms with E-state index in [4.69, 9.17) is 0 Å². The topological polar surface area (TPSA) is 15.3 Å². The van der Waals surface area contributed by atoms with Crippen LogP contribution in [0.5, 0.6) is 0 Å². The first-order valence-corrected chi connectivity index (χ1v) is 8.27. The molecule has 0 fully saturated rings. The van der Waals surface area contributed by atoms with Crippen LogP contribution in [0.2, 0.25) is 0 Å². The second-order valence-corrected chi connectivity index (χ2v) is 5.79. The average Bonchev–Trinajstić information content (AvgIpc) is 2.50. The predicted molar refractivity (Wildman–Crippen MR) is 89.1 cm³/mol. The molecule has 3 heteroatoms. The van der Waals surface area contributed by atoms with Gasteiger partial charge >= 0.3 is 0 Å². The van der Waals surface area contributed by atoms with Crippen LogP contribution in [0.3, 0.4) is 0 Å². The SMILES string of the molecule is CCCNC(c1ccccc1F)C(C)(CC)N(CC)CC. The third kappa shape index (κ3) is 4.04. The largest absolute Gasteiger partial charge is 0.308 e. The lowest BCUT2D eigenvalue weighted by molar-refractivity contribution is 0.0684. The van der Waals surface area contributed by atoms with Gasteiger partial charge in [0.15, 0.2) is 0 Å². The summed E-state index contributed by atoms with van der Waals surface area (Å²) in [5.41, 5.74) is 0.683. The maximum absolute atomic E-state index is 14.3. The summed E-state index contributed by atoms with van der Waals surface area (Å²) >= 11 is 0. The fourth-order valence-electron chi connectivity index (χ4n) is 3.22. The maximum Gasteiger partial charge on any atom is 0.128 e. The molecule has 21 heavy (non-hydrogen) atoms. The van der Waals surface area contributed by atoms with Crippen molar-refractivity contribution in [3.63, 3.8) is 0 Å². The Morgan fingerprint density at radius 3 is 2.24 bits per heavy atom. The summed E-state index contributed by atoms with van der Waals surface area (Å²) in [5.74, 6) is -0.113. The Labute approximate surface area is 129 Å². The Kier molecular flexibility index (Phi) is 7.33. The van der Waals surface area contributed by atoms with Crippen molar-refractivity contribution >= 4 is 0 Å². The van der Waals surface area contributed by atoms with Gasteiger partial charge in [-0.15, -0.1) is 0 Å². The molecule has 0 aliphatic carbocycles. The van der Waals surface area contributed by atoms with E-state index >= 15 is 0 Å². The standard InChI is InChI=1S/C18H31FN2/c1-6-14-20-17(15-12-10-11-13-16(15)19)18(5,7-2)21(8-3)9-4/h10-13,17,20H,6-9,14H2,1-5H3. The molecule has 0 radical (unpaired) electrons. The van der Waals surface area contributed by atoms with Crippen molar-refractivity contribution in [2.75, 3.05) is 19.6 Å². The molecule has 1 rings (SSSR count). The van der Waals surface area contributed by atoms with E-state index in [2.05, 4.69) is 44.8 Å². The van der Waals surface area contributed by atoms with Crippen molar-refractivity contribution in [3.05, 3.63) is 35.6 Å². The summed E-state index contributed by atoms with van der Waals surface area (Å²) in [5, 5.41) is 3.59. The zero-order chi connectivity index (χ0) is 15.9. The minimum absolute atomic E-state index is 0.00329. The number of likely N-dealkylation sites (N-methyl/N-ethyl adjacent to an activating group) is 1. The zero-order valence-corrected chi connectivity index (χ0v) is 14.2. The van der Waals surface area contributed by atoms with Crippen LogP contribution in [0.25, 0.3) is 0 Å². The lowest BCUT2D eigenvalue weighted by Gasteiger charge is -2.46. The van der Waals surface area contributed by atoms with E-state index in [-0.39, 0.29) is 17.4 Å². The molecule has 0 spiro atoms. The minimum Gasteiger partial charge on any atom is -0.308 e. The maximum atomic E-state index is 14.3. The van der Waals surface area contributed by atoms with Gasteiger partial charge in [0.25, 0.3) is 0 Å². The molecule has 0 saturated heterocycles. The highest BCUT2D eigenvalue weighted by Gasteiger charge is 2.38. The van der Waals surface area contributed by atoms with Crippen LogP contribution in [-0.2, 0) is 0 Å². The molecule has 0 bridgehead atoms. The summed E-state index contributed by atoms with van der Waals surface area (Å²) in [6, 6.07) is 7.17. The molecule has 2 atom stereocenters. The Hall–Kier alpha value is -0.930. The predicted octanol–water partition coefficient (Wildman–Crippen LogP) is 4.38. The van der Waals surface area contributed by atoms with Crippen molar-refractivity contribution in [2.45, 2.75) is 59.0 Å². The quantitative estimate of drug-likeness (QED) is 0.727. The number of nitrogens with zero attached hydrogens (tertiary/aromatic N) is 1. The Morgan fingerprint density at radius 2 is 1.76 bits per heavy atom. The molecule has 0 heterocycles. The molecule has 0 aromatic heterocycles. The molecular weight excluding hydrogens is 263 g/mol. The third-order valence-electron chi connectivity index (χ3n) is 4.64. The van der Waals surface area contributed by atoms with Crippen LogP contribution in [0.1, 0.15) is 59.1 Å². The first-order chi connectivity index (χ1) is 10.0. The average molecular weight is 294 g/mol. The molecule has 0 saturated carbocycles. The summed E-state index contributed by atoms with van der Waals surface area (Å²) in [4.78, 5) is 2.44. The summed E-state index contributed by atoms with van der Waals surface area (Å²) in [6.07, 6.45) is 2.02. The van der Waals surface area contributed by atoms with Crippen LogP contribution >= 0.6 is 0 Å². The molecule has 0 amide bonds. The number of benzene rings is 1. The fourth-order valence-corrected chi connectivity index (χ4v) is 3.22. The fraction of sp³-hybridized carbons (Fsp3) is 0.667. The molecule has 120 valence electrons. The van der Waals surface area contributed by atoms with Crippen LogP contribution in [0.15, 0.2) is 24.3 Å². The molecule has 1 aromatic carbocycles. The lowest BCUT2D eigenvalue weighted by atomic mass is 9.82. The van der Waals surface area contributed by atoms with Crippen LogP contribution in [0, 0.1) is 5.82 Å². The highest BCUT2D eigenvalue weighted by molar-refractivity contribution is 5.25. The third-order valence-corrected chi connectivity index (χ3v) is 4.64. The zero-order valence-electron chi connectivity index (χ0n) is 14.2. The van der Waals surface area contributed by atoms with Gasteiger partial charge in [-0.3, -0.25) is 4.90 Å². The van der Waals surface area contributed by atoms with Crippen molar-refractivity contribution in [1.29, 1.82) is 0 Å². The molecule has 1 N–H and O–H groups in total. The van der Waals surface area contributed by atoms with Gasteiger partial charge in [-0.2, -0.15) is 0 Å². The van der Waals surface area contributed by atoms with Crippen molar-refractivity contribution in [3.8, 4) is 0 Å². The minimum atomic E-state index is -0.113. The number of halogens is 1. The van der Waals surface area contributed by atoms with Crippen LogP contribution in [-0.4, -0.2) is 30.1 Å². The summed E-state index contributed by atoms with van der Waals surface area (Å²) < 4.78 is 14.3. The molecule has 2 unspecified atom stereocenters. The van der Waals surface area contributed by atoms with Gasteiger partial charge in [-0.1, -0.05) is 45.9 Å². The smallest absolute Gasteiger partial charge is 0.128 e. The highest BCUT2D eigenvalue weighted by Crippen LogP contribution is 2.35. The van der Waals surface area contributed by atoms with Crippen molar-refractivity contribution in [2.24, 2.45) is 0 Å². The van der Waals surface area contributed by atoms with Crippen LogP contribution < -0.4 is 5.32 Å². The second kappa shape index (κ2) is 8.50.